The molecule has 0 spiro atoms. The molecule has 0 amide bonds. The first-order chi connectivity index (χ1) is 18.9. The number of carbonyl (C=O) groups excluding carboxylic acids is 1. The van der Waals surface area contributed by atoms with Gasteiger partial charge in [-0.25, -0.2) is 4.79 Å². The van der Waals surface area contributed by atoms with Gasteiger partial charge < -0.3 is 4.74 Å². The number of hydrogen-bond donors (Lipinski definition) is 0. The van der Waals surface area contributed by atoms with Crippen LogP contribution in [0.15, 0.2) is 48.5 Å². The quantitative estimate of drug-likeness (QED) is 0.170. The second-order valence-corrected chi connectivity index (χ2v) is 12.5. The standard InChI is InChI=1S/C36H51NO2/c1-5-6-7-8-23-36(27-37)24-20-33(21-25-36)32-14-12-30(13-15-32)31-16-18-34(19-17-31)35(38)39-26-22-29(4)11-9-10-28(2)3/h12-19,28-29,33H,5-11,20-26H2,1-4H3/t29-,33?,36?/m1/s1. The fourth-order valence-electron chi connectivity index (χ4n) is 6.01. The lowest BCUT2D eigenvalue weighted by molar-refractivity contribution is 0.0483. The average Bonchev–Trinajstić information content (AvgIpc) is 2.95. The Morgan fingerprint density at radius 1 is 0.897 bits per heavy atom. The summed E-state index contributed by atoms with van der Waals surface area (Å²) in [6.45, 7) is 9.50. The number of rotatable bonds is 15. The molecule has 3 rings (SSSR count). The van der Waals surface area contributed by atoms with Crippen molar-refractivity contribution in [2.45, 2.75) is 117 Å². The number of carbonyl (C=O) groups is 1. The first-order valence-corrected chi connectivity index (χ1v) is 15.6. The summed E-state index contributed by atoms with van der Waals surface area (Å²) in [5.41, 5.74) is 4.16. The normalized spacial score (nSPS) is 19.9. The number of nitriles is 1. The highest BCUT2D eigenvalue weighted by Gasteiger charge is 2.35. The van der Waals surface area contributed by atoms with Crippen molar-refractivity contribution in [3.05, 3.63) is 59.7 Å². The van der Waals surface area contributed by atoms with Crippen LogP contribution in [0.3, 0.4) is 0 Å². The van der Waals surface area contributed by atoms with E-state index in [4.69, 9.17) is 4.74 Å². The van der Waals surface area contributed by atoms with E-state index in [0.717, 1.165) is 55.6 Å². The van der Waals surface area contributed by atoms with Crippen molar-refractivity contribution in [2.75, 3.05) is 6.61 Å². The molecule has 0 heterocycles. The third-order valence-corrected chi connectivity index (χ3v) is 8.85. The molecule has 0 radical (unpaired) electrons. The lowest BCUT2D eigenvalue weighted by Crippen LogP contribution is -2.25. The van der Waals surface area contributed by atoms with Gasteiger partial charge in [-0.1, -0.05) is 109 Å². The number of ether oxygens (including phenoxy) is 1. The molecule has 39 heavy (non-hydrogen) atoms. The number of benzene rings is 2. The molecule has 212 valence electrons. The molecule has 1 atom stereocenters. The van der Waals surface area contributed by atoms with E-state index in [0.29, 0.717) is 24.0 Å². The average molecular weight is 530 g/mol. The summed E-state index contributed by atoms with van der Waals surface area (Å²) < 4.78 is 5.55. The van der Waals surface area contributed by atoms with Gasteiger partial charge in [0.05, 0.1) is 23.7 Å². The fraction of sp³-hybridized carbons (Fsp3) is 0.611. The predicted molar refractivity (Wildman–Crippen MR) is 163 cm³/mol. The van der Waals surface area contributed by atoms with Crippen LogP contribution in [0, 0.1) is 28.6 Å². The Morgan fingerprint density at radius 3 is 2.13 bits per heavy atom. The highest BCUT2D eigenvalue weighted by molar-refractivity contribution is 5.90. The SMILES string of the molecule is CCCCCCC1(C#N)CCC(c2ccc(-c3ccc(C(=O)OCC[C@H](C)CCCC(C)C)cc3)cc2)CC1. The van der Waals surface area contributed by atoms with Crippen LogP contribution in [-0.2, 0) is 4.74 Å². The maximum absolute atomic E-state index is 12.5. The van der Waals surface area contributed by atoms with Gasteiger partial charge >= 0.3 is 5.97 Å². The van der Waals surface area contributed by atoms with Crippen LogP contribution in [0.5, 0.6) is 0 Å². The van der Waals surface area contributed by atoms with Crippen LogP contribution in [0.1, 0.15) is 133 Å². The maximum Gasteiger partial charge on any atom is 0.338 e. The van der Waals surface area contributed by atoms with Gasteiger partial charge in [0.15, 0.2) is 0 Å². The van der Waals surface area contributed by atoms with Crippen molar-refractivity contribution in [3.63, 3.8) is 0 Å². The van der Waals surface area contributed by atoms with E-state index in [2.05, 4.69) is 58.0 Å². The molecule has 2 aromatic rings. The van der Waals surface area contributed by atoms with Gasteiger partial charge in [0.1, 0.15) is 0 Å². The minimum Gasteiger partial charge on any atom is -0.462 e. The fourth-order valence-corrected chi connectivity index (χ4v) is 6.01. The highest BCUT2D eigenvalue weighted by Crippen LogP contribution is 2.45. The number of hydrogen-bond acceptors (Lipinski definition) is 3. The van der Waals surface area contributed by atoms with Gasteiger partial charge in [0.2, 0.25) is 0 Å². The molecule has 0 aliphatic heterocycles. The summed E-state index contributed by atoms with van der Waals surface area (Å²) in [5.74, 6) is 1.65. The molecule has 3 heteroatoms. The Balaban J connectivity index is 1.46. The number of nitrogens with zero attached hydrogens (tertiary/aromatic N) is 1. The van der Waals surface area contributed by atoms with E-state index in [9.17, 15) is 10.1 Å². The van der Waals surface area contributed by atoms with Crippen molar-refractivity contribution >= 4 is 5.97 Å². The zero-order chi connectivity index (χ0) is 28.1. The zero-order valence-electron chi connectivity index (χ0n) is 25.0. The molecular formula is C36H51NO2. The summed E-state index contributed by atoms with van der Waals surface area (Å²) in [6.07, 6.45) is 14.9. The third kappa shape index (κ3) is 9.82. The maximum atomic E-state index is 12.5. The van der Waals surface area contributed by atoms with Crippen LogP contribution in [0.2, 0.25) is 0 Å². The molecule has 0 bridgehead atoms. The van der Waals surface area contributed by atoms with Crippen LogP contribution < -0.4 is 0 Å². The van der Waals surface area contributed by atoms with Crippen molar-refractivity contribution < 1.29 is 9.53 Å². The molecule has 2 aromatic carbocycles. The summed E-state index contributed by atoms with van der Waals surface area (Å²) in [5, 5.41) is 9.90. The van der Waals surface area contributed by atoms with Gasteiger partial charge in [0.25, 0.3) is 0 Å². The van der Waals surface area contributed by atoms with Crippen LogP contribution in [-0.4, -0.2) is 12.6 Å². The van der Waals surface area contributed by atoms with Crippen LogP contribution in [0.25, 0.3) is 11.1 Å². The van der Waals surface area contributed by atoms with Gasteiger partial charge in [-0.15, -0.1) is 0 Å². The highest BCUT2D eigenvalue weighted by atomic mass is 16.5. The monoisotopic (exact) mass is 529 g/mol. The molecule has 0 unspecified atom stereocenters. The Hall–Kier alpha value is -2.60. The van der Waals surface area contributed by atoms with E-state index in [-0.39, 0.29) is 11.4 Å². The molecule has 3 nitrogen and oxygen atoms in total. The lowest BCUT2D eigenvalue weighted by Gasteiger charge is -2.35. The second-order valence-electron chi connectivity index (χ2n) is 12.5. The van der Waals surface area contributed by atoms with Crippen molar-refractivity contribution in [2.24, 2.45) is 17.3 Å². The second kappa shape index (κ2) is 15.9. The van der Waals surface area contributed by atoms with E-state index in [1.54, 1.807) is 0 Å². The number of esters is 1. The first-order valence-electron chi connectivity index (χ1n) is 15.6. The molecule has 1 saturated carbocycles. The van der Waals surface area contributed by atoms with E-state index in [1.165, 1.54) is 50.5 Å². The van der Waals surface area contributed by atoms with E-state index < -0.39 is 0 Å². The van der Waals surface area contributed by atoms with Crippen LogP contribution in [0.4, 0.5) is 0 Å². The Morgan fingerprint density at radius 2 is 1.54 bits per heavy atom. The van der Waals surface area contributed by atoms with Crippen molar-refractivity contribution in [1.82, 2.24) is 0 Å². The largest absolute Gasteiger partial charge is 0.462 e. The van der Waals surface area contributed by atoms with Crippen molar-refractivity contribution in [1.29, 1.82) is 5.26 Å². The first kappa shape index (κ1) is 30.9. The smallest absolute Gasteiger partial charge is 0.338 e. The summed E-state index contributed by atoms with van der Waals surface area (Å²) >= 11 is 0. The van der Waals surface area contributed by atoms with Crippen molar-refractivity contribution in [3.8, 4) is 17.2 Å². The minimum absolute atomic E-state index is 0.0984. The Labute approximate surface area is 238 Å². The molecule has 0 N–H and O–H groups in total. The predicted octanol–water partition coefficient (Wildman–Crippen LogP) is 10.5. The third-order valence-electron chi connectivity index (χ3n) is 8.85. The summed E-state index contributed by atoms with van der Waals surface area (Å²) in [4.78, 5) is 12.5. The van der Waals surface area contributed by atoms with Gasteiger partial charge in [0, 0.05) is 0 Å². The van der Waals surface area contributed by atoms with Gasteiger partial charge in [-0.05, 0) is 85.1 Å². The molecule has 1 aliphatic carbocycles. The molecule has 1 aliphatic rings. The van der Waals surface area contributed by atoms with Gasteiger partial charge in [-0.3, -0.25) is 0 Å². The summed E-state index contributed by atoms with van der Waals surface area (Å²) in [7, 11) is 0. The number of unbranched alkanes of at least 4 members (excludes halogenated alkanes) is 3. The molecule has 1 fully saturated rings. The van der Waals surface area contributed by atoms with E-state index >= 15 is 0 Å². The van der Waals surface area contributed by atoms with Gasteiger partial charge in [-0.2, -0.15) is 5.26 Å². The zero-order valence-corrected chi connectivity index (χ0v) is 25.0. The lowest BCUT2D eigenvalue weighted by atomic mass is 9.67. The Kier molecular flexibility index (Phi) is 12.6. The Bertz CT molecular complexity index is 1020. The minimum atomic E-state index is -0.234. The molecule has 0 aromatic heterocycles. The molecule has 0 saturated heterocycles. The van der Waals surface area contributed by atoms with Crippen LogP contribution >= 0.6 is 0 Å². The summed E-state index contributed by atoms with van der Waals surface area (Å²) in [6, 6.07) is 19.4. The topological polar surface area (TPSA) is 50.1 Å². The van der Waals surface area contributed by atoms with E-state index in [1.807, 2.05) is 24.3 Å². The molecular weight excluding hydrogens is 478 g/mol.